The lowest BCUT2D eigenvalue weighted by atomic mass is 9.89. The number of sulfonamides is 1. The summed E-state index contributed by atoms with van der Waals surface area (Å²) in [5.74, 6) is -2.27. The Hall–Kier alpha value is -2.24. The first-order chi connectivity index (χ1) is 12.2. The zero-order chi connectivity index (χ0) is 19.5. The molecule has 1 aromatic carbocycles. The maximum atomic E-state index is 12.4. The van der Waals surface area contributed by atoms with Gasteiger partial charge < -0.3 is 16.0 Å². The molecule has 2 amide bonds. The van der Waals surface area contributed by atoms with Crippen molar-refractivity contribution in [2.45, 2.75) is 30.4 Å². The third-order valence-electron chi connectivity index (χ3n) is 3.69. The van der Waals surface area contributed by atoms with Crippen molar-refractivity contribution in [1.29, 1.82) is 0 Å². The van der Waals surface area contributed by atoms with Crippen LogP contribution in [0.3, 0.4) is 0 Å². The van der Waals surface area contributed by atoms with Crippen LogP contribution in [0.2, 0.25) is 0 Å². The summed E-state index contributed by atoms with van der Waals surface area (Å²) in [7, 11) is -4.38. The van der Waals surface area contributed by atoms with Gasteiger partial charge in [0.1, 0.15) is 0 Å². The Morgan fingerprint density at radius 2 is 2.04 bits per heavy atom. The third-order valence-corrected chi connectivity index (χ3v) is 5.38. The van der Waals surface area contributed by atoms with Crippen LogP contribution in [0, 0.1) is 0 Å². The van der Waals surface area contributed by atoms with E-state index in [1.54, 1.807) is 12.1 Å². The molecule has 11 heteroatoms. The quantitative estimate of drug-likeness (QED) is 0.570. The average molecular weight is 445 g/mol. The van der Waals surface area contributed by atoms with Crippen molar-refractivity contribution in [2.24, 2.45) is 11.5 Å². The van der Waals surface area contributed by atoms with Crippen LogP contribution in [0.5, 0.6) is 0 Å². The molecule has 0 fully saturated rings. The lowest BCUT2D eigenvalue weighted by Gasteiger charge is -2.22. The molecule has 0 spiro atoms. The predicted octanol–water partition coefficient (Wildman–Crippen LogP) is 0.862. The molecule has 0 aliphatic rings. The zero-order valence-electron chi connectivity index (χ0n) is 13.7. The first kappa shape index (κ1) is 20.1. The number of benzene rings is 1. The number of carbonyl (C=O) groups excluding carboxylic acids is 2. The molecular weight excluding hydrogens is 428 g/mol. The minimum Gasteiger partial charge on any atom is -0.364 e. The molecule has 0 aliphatic heterocycles. The van der Waals surface area contributed by atoms with Crippen molar-refractivity contribution < 1.29 is 22.5 Å². The van der Waals surface area contributed by atoms with E-state index in [2.05, 4.69) is 25.6 Å². The van der Waals surface area contributed by atoms with Gasteiger partial charge in [-0.25, -0.2) is 4.72 Å². The van der Waals surface area contributed by atoms with Crippen molar-refractivity contribution in [2.75, 3.05) is 0 Å². The Labute approximate surface area is 158 Å². The van der Waals surface area contributed by atoms with E-state index in [0.717, 1.165) is 16.1 Å². The van der Waals surface area contributed by atoms with Crippen molar-refractivity contribution >= 4 is 37.8 Å². The highest BCUT2D eigenvalue weighted by Gasteiger charge is 2.30. The number of nitrogens with zero attached hydrogens (tertiary/aromatic N) is 1. The second kappa shape index (κ2) is 7.98. The fourth-order valence-electron chi connectivity index (χ4n) is 2.37. The Morgan fingerprint density at radius 3 is 2.58 bits per heavy atom. The minimum absolute atomic E-state index is 0.373. The molecule has 0 aliphatic carbocycles. The molecule has 0 saturated heterocycles. The second-order valence-corrected chi connectivity index (χ2v) is 7.99. The predicted molar refractivity (Wildman–Crippen MR) is 95.5 cm³/mol. The van der Waals surface area contributed by atoms with Gasteiger partial charge in [-0.1, -0.05) is 40.1 Å². The van der Waals surface area contributed by atoms with Crippen molar-refractivity contribution in [3.8, 4) is 0 Å². The van der Waals surface area contributed by atoms with E-state index >= 15 is 0 Å². The van der Waals surface area contributed by atoms with E-state index in [0.29, 0.717) is 6.42 Å². The number of nitrogens with two attached hydrogens (primary N) is 2. The largest absolute Gasteiger partial charge is 0.364 e. The molecule has 1 heterocycles. The number of aromatic nitrogens is 1. The van der Waals surface area contributed by atoms with Crippen molar-refractivity contribution in [3.63, 3.8) is 0 Å². The molecule has 2 rings (SSSR count). The summed E-state index contributed by atoms with van der Waals surface area (Å²) < 4.78 is 31.6. The molecular formula is C15H17BrN4O5S. The number of carbonyl (C=O) groups is 2. The van der Waals surface area contributed by atoms with E-state index in [1.165, 1.54) is 0 Å². The maximum absolute atomic E-state index is 12.4. The lowest BCUT2D eigenvalue weighted by Crippen LogP contribution is -2.46. The van der Waals surface area contributed by atoms with E-state index in [1.807, 2.05) is 23.8 Å². The van der Waals surface area contributed by atoms with Gasteiger partial charge in [0, 0.05) is 16.5 Å². The number of rotatable bonds is 7. The highest BCUT2D eigenvalue weighted by atomic mass is 79.9. The highest BCUT2D eigenvalue weighted by molar-refractivity contribution is 9.10. The van der Waals surface area contributed by atoms with Gasteiger partial charge in [0.05, 0.1) is 6.04 Å². The molecule has 2 atom stereocenters. The molecule has 0 saturated carbocycles. The van der Waals surface area contributed by atoms with Crippen LogP contribution in [-0.2, 0) is 14.8 Å². The van der Waals surface area contributed by atoms with Crippen LogP contribution in [0.25, 0.3) is 0 Å². The lowest BCUT2D eigenvalue weighted by molar-refractivity contribution is -0.121. The molecule has 2 aromatic rings. The fraction of sp³-hybridized carbons (Fsp3) is 0.267. The molecule has 140 valence electrons. The topological polar surface area (TPSA) is 158 Å². The zero-order valence-corrected chi connectivity index (χ0v) is 16.1. The Balaban J connectivity index is 2.19. The smallest absolute Gasteiger partial charge is 0.300 e. The number of hydrogen-bond acceptors (Lipinski definition) is 7. The van der Waals surface area contributed by atoms with Gasteiger partial charge in [0.25, 0.3) is 26.9 Å². The van der Waals surface area contributed by atoms with Gasteiger partial charge in [0.2, 0.25) is 0 Å². The summed E-state index contributed by atoms with van der Waals surface area (Å²) in [5, 5.41) is 2.52. The molecule has 9 nitrogen and oxygen atoms in total. The van der Waals surface area contributed by atoms with Gasteiger partial charge in [-0.05, 0) is 24.1 Å². The molecule has 5 N–H and O–H groups in total. The summed E-state index contributed by atoms with van der Waals surface area (Å²) >= 11 is 3.34. The van der Waals surface area contributed by atoms with Crippen LogP contribution < -0.4 is 16.2 Å². The fourth-order valence-corrected chi connectivity index (χ4v) is 3.69. The monoisotopic (exact) mass is 444 g/mol. The van der Waals surface area contributed by atoms with Crippen LogP contribution in [0.15, 0.2) is 44.4 Å². The normalized spacial score (nSPS) is 13.8. The summed E-state index contributed by atoms with van der Waals surface area (Å²) in [6.45, 7) is 1.84. The van der Waals surface area contributed by atoms with Crippen LogP contribution in [0.4, 0.5) is 0 Å². The number of nitrogens with one attached hydrogen (secondary N) is 1. The molecule has 26 heavy (non-hydrogen) atoms. The van der Waals surface area contributed by atoms with Crippen molar-refractivity contribution in [1.82, 2.24) is 9.88 Å². The van der Waals surface area contributed by atoms with Gasteiger partial charge in [0.15, 0.2) is 5.69 Å². The van der Waals surface area contributed by atoms with Gasteiger partial charge in [-0.15, -0.1) is 0 Å². The second-order valence-electron chi connectivity index (χ2n) is 5.46. The Morgan fingerprint density at radius 1 is 1.35 bits per heavy atom. The minimum atomic E-state index is -4.38. The molecule has 0 bridgehead atoms. The van der Waals surface area contributed by atoms with E-state index in [4.69, 9.17) is 11.5 Å². The first-order valence-electron chi connectivity index (χ1n) is 7.50. The van der Waals surface area contributed by atoms with Crippen LogP contribution >= 0.6 is 15.9 Å². The SMILES string of the molecule is CCC(c1cccc(Br)c1)C(N)C(=O)NS(=O)(=O)c1cc(C(N)=O)no1. The Kier molecular flexibility index (Phi) is 6.16. The summed E-state index contributed by atoms with van der Waals surface area (Å²) in [6, 6.07) is 6.94. The van der Waals surface area contributed by atoms with Gasteiger partial charge >= 0.3 is 0 Å². The number of primary amides is 1. The van der Waals surface area contributed by atoms with Gasteiger partial charge in [-0.2, -0.15) is 8.42 Å². The first-order valence-corrected chi connectivity index (χ1v) is 9.77. The standard InChI is InChI=1S/C15H17BrN4O5S/c1-2-10(8-4-3-5-9(16)6-8)13(17)15(22)20-26(23,24)12-7-11(14(18)21)19-25-12/h3-7,10,13H,2,17H2,1H3,(H2,18,21)(H,20,22). The Bertz CT molecular complexity index is 928. The van der Waals surface area contributed by atoms with Gasteiger partial charge in [-0.3, -0.25) is 9.59 Å². The molecule has 2 unspecified atom stereocenters. The molecule has 1 aromatic heterocycles. The van der Waals surface area contributed by atoms with E-state index in [-0.39, 0.29) is 5.69 Å². The average Bonchev–Trinajstić information content (AvgIpc) is 3.06. The molecule has 0 radical (unpaired) electrons. The number of hydrogen-bond donors (Lipinski definition) is 3. The number of halogens is 1. The third kappa shape index (κ3) is 4.48. The van der Waals surface area contributed by atoms with Crippen LogP contribution in [-0.4, -0.2) is 31.4 Å². The summed E-state index contributed by atoms with van der Waals surface area (Å²) in [4.78, 5) is 23.3. The van der Waals surface area contributed by atoms with E-state index in [9.17, 15) is 18.0 Å². The van der Waals surface area contributed by atoms with E-state index < -0.39 is 38.9 Å². The highest BCUT2D eigenvalue weighted by Crippen LogP contribution is 2.25. The summed E-state index contributed by atoms with van der Waals surface area (Å²) in [5.41, 5.74) is 11.4. The maximum Gasteiger partial charge on any atom is 0.300 e. The van der Waals surface area contributed by atoms with Crippen LogP contribution in [0.1, 0.15) is 35.3 Å². The summed E-state index contributed by atoms with van der Waals surface area (Å²) in [6.07, 6.45) is 0.513. The van der Waals surface area contributed by atoms with Crippen molar-refractivity contribution in [3.05, 3.63) is 46.1 Å². The number of amides is 2.